The van der Waals surface area contributed by atoms with Crippen molar-refractivity contribution in [3.05, 3.63) is 0 Å². The summed E-state index contributed by atoms with van der Waals surface area (Å²) in [6, 6.07) is 0. The lowest BCUT2D eigenvalue weighted by Crippen LogP contribution is -2.54. The molecule has 23 heavy (non-hydrogen) atoms. The van der Waals surface area contributed by atoms with Gasteiger partial charge in [-0.15, -0.1) is 0 Å². The summed E-state index contributed by atoms with van der Waals surface area (Å²) >= 11 is 0. The maximum Gasteiger partial charge on any atom is 0.415 e. The number of carboxylic acids is 1. The number of hydrogen-bond donors (Lipinski definition) is 1. The predicted octanol–water partition coefficient (Wildman–Crippen LogP) is 3.10. The summed E-state index contributed by atoms with van der Waals surface area (Å²) in [4.78, 5) is 21.7. The maximum atomic E-state index is 13.4. The second-order valence-corrected chi connectivity index (χ2v) is 7.45. The fraction of sp³-hybridized carbons (Fsp3) is 0.867. The van der Waals surface area contributed by atoms with Gasteiger partial charge < -0.3 is 9.84 Å². The first-order valence-corrected chi connectivity index (χ1v) is 7.72. The van der Waals surface area contributed by atoms with Crippen molar-refractivity contribution in [1.82, 2.24) is 0 Å². The van der Waals surface area contributed by atoms with Gasteiger partial charge in [0.05, 0.1) is 6.61 Å². The quantitative estimate of drug-likeness (QED) is 0.618. The molecule has 4 fully saturated rings. The van der Waals surface area contributed by atoms with Gasteiger partial charge in [-0.25, -0.2) is 9.59 Å². The van der Waals surface area contributed by atoms with Crippen LogP contribution in [-0.2, 0) is 14.3 Å². The first-order chi connectivity index (χ1) is 10.6. The van der Waals surface area contributed by atoms with Crippen molar-refractivity contribution in [3.63, 3.8) is 0 Å². The topological polar surface area (TPSA) is 63.6 Å². The molecule has 1 N–H and O–H groups in total. The molecule has 0 heterocycles. The Hall–Kier alpha value is -1.34. The van der Waals surface area contributed by atoms with E-state index < -0.39 is 29.2 Å². The van der Waals surface area contributed by atoms with Crippen LogP contribution in [0.2, 0.25) is 0 Å². The van der Waals surface area contributed by atoms with Crippen LogP contribution in [-0.4, -0.2) is 35.5 Å². The van der Waals surface area contributed by atoms with Gasteiger partial charge in [-0.1, -0.05) is 0 Å². The van der Waals surface area contributed by atoms with Crippen LogP contribution in [0.25, 0.3) is 0 Å². The number of carbonyl (C=O) groups excluding carboxylic acids is 1. The van der Waals surface area contributed by atoms with E-state index in [4.69, 9.17) is 5.11 Å². The molecule has 0 radical (unpaired) electrons. The van der Waals surface area contributed by atoms with E-state index in [0.717, 1.165) is 38.5 Å². The third kappa shape index (κ3) is 2.59. The molecule has 4 aliphatic rings. The van der Waals surface area contributed by atoms with Crippen LogP contribution in [0.4, 0.5) is 17.6 Å². The number of ether oxygens (including phenoxy) is 1. The average molecular weight is 338 g/mol. The van der Waals surface area contributed by atoms with Gasteiger partial charge in [0.15, 0.2) is 0 Å². The number of alkyl halides is 4. The molecular formula is C15H18F4O4. The van der Waals surface area contributed by atoms with E-state index in [-0.39, 0.29) is 6.61 Å². The number of rotatable bonds is 5. The van der Waals surface area contributed by atoms with Crippen LogP contribution in [0.15, 0.2) is 0 Å². The summed E-state index contributed by atoms with van der Waals surface area (Å²) in [7, 11) is 0. The van der Waals surface area contributed by atoms with E-state index in [1.807, 2.05) is 0 Å². The molecule has 4 aliphatic carbocycles. The largest absolute Gasteiger partial charge is 0.477 e. The second-order valence-electron chi connectivity index (χ2n) is 7.45. The van der Waals surface area contributed by atoms with Crippen molar-refractivity contribution in [2.24, 2.45) is 23.2 Å². The van der Waals surface area contributed by atoms with E-state index >= 15 is 0 Å². The summed E-state index contributed by atoms with van der Waals surface area (Å²) in [5.74, 6) is -14.9. The highest BCUT2D eigenvalue weighted by atomic mass is 19.3. The molecule has 0 aromatic carbocycles. The van der Waals surface area contributed by atoms with Crippen LogP contribution in [0.5, 0.6) is 0 Å². The van der Waals surface area contributed by atoms with E-state index in [2.05, 4.69) is 4.74 Å². The van der Waals surface area contributed by atoms with Crippen LogP contribution in [0, 0.1) is 23.2 Å². The lowest BCUT2D eigenvalue weighted by atomic mass is 9.50. The monoisotopic (exact) mass is 338 g/mol. The molecule has 0 atom stereocenters. The number of aliphatic carboxylic acids is 1. The van der Waals surface area contributed by atoms with E-state index in [9.17, 15) is 27.2 Å². The molecule has 130 valence electrons. The molecule has 0 aromatic heterocycles. The molecule has 8 heteroatoms. The first-order valence-electron chi connectivity index (χ1n) is 7.72. The Bertz CT molecular complexity index is 496. The van der Waals surface area contributed by atoms with Gasteiger partial charge in [0.25, 0.3) is 0 Å². The highest BCUT2D eigenvalue weighted by Gasteiger charge is 2.69. The second kappa shape index (κ2) is 5.08. The Labute approximate surface area is 130 Å². The summed E-state index contributed by atoms with van der Waals surface area (Å²) in [6.45, 7) is -0.333. The van der Waals surface area contributed by atoms with Crippen molar-refractivity contribution in [2.75, 3.05) is 6.61 Å². The zero-order valence-corrected chi connectivity index (χ0v) is 12.4. The van der Waals surface area contributed by atoms with Gasteiger partial charge in [-0.05, 0) is 56.3 Å². The Kier molecular flexibility index (Phi) is 3.65. The van der Waals surface area contributed by atoms with Crippen LogP contribution in [0.3, 0.4) is 0 Å². The molecule has 0 saturated heterocycles. The predicted molar refractivity (Wildman–Crippen MR) is 69.1 cm³/mol. The van der Waals surface area contributed by atoms with E-state index in [1.165, 1.54) is 0 Å². The van der Waals surface area contributed by atoms with Gasteiger partial charge >= 0.3 is 23.8 Å². The van der Waals surface area contributed by atoms with Crippen molar-refractivity contribution in [2.45, 2.75) is 50.4 Å². The fourth-order valence-corrected chi connectivity index (χ4v) is 5.04. The molecule has 4 saturated carbocycles. The van der Waals surface area contributed by atoms with Crippen LogP contribution in [0.1, 0.15) is 38.5 Å². The number of carbonyl (C=O) groups is 2. The molecule has 0 spiro atoms. The molecule has 0 amide bonds. The molecule has 0 aromatic rings. The molecule has 4 rings (SSSR count). The zero-order valence-electron chi connectivity index (χ0n) is 12.4. The Morgan fingerprint density at radius 3 is 1.78 bits per heavy atom. The molecular weight excluding hydrogens is 320 g/mol. The lowest BCUT2D eigenvalue weighted by molar-refractivity contribution is -0.237. The summed E-state index contributed by atoms with van der Waals surface area (Å²) in [6.07, 6.45) is 5.56. The SMILES string of the molecule is O=C(O)C(F)(F)C(F)(F)C(=O)OCC12CC3CC(CC(C3)C1)C2. The van der Waals surface area contributed by atoms with Crippen molar-refractivity contribution < 1.29 is 37.0 Å². The Balaban J connectivity index is 1.66. The molecule has 4 nitrogen and oxygen atoms in total. The summed E-state index contributed by atoms with van der Waals surface area (Å²) in [5, 5.41) is 8.19. The number of hydrogen-bond acceptors (Lipinski definition) is 3. The van der Waals surface area contributed by atoms with Gasteiger partial charge in [-0.2, -0.15) is 17.6 Å². The third-order valence-electron chi connectivity index (χ3n) is 5.59. The van der Waals surface area contributed by atoms with Gasteiger partial charge in [0.1, 0.15) is 0 Å². The van der Waals surface area contributed by atoms with Crippen molar-refractivity contribution in [3.8, 4) is 0 Å². The minimum atomic E-state index is -5.48. The minimum absolute atomic E-state index is 0.333. The van der Waals surface area contributed by atoms with Gasteiger partial charge in [-0.3, -0.25) is 0 Å². The fourth-order valence-electron chi connectivity index (χ4n) is 5.04. The Morgan fingerprint density at radius 2 is 1.39 bits per heavy atom. The smallest absolute Gasteiger partial charge is 0.415 e. The molecule has 0 unspecified atom stereocenters. The molecule has 0 aliphatic heterocycles. The normalized spacial score (nSPS) is 36.1. The van der Waals surface area contributed by atoms with Crippen molar-refractivity contribution in [1.29, 1.82) is 0 Å². The molecule has 4 bridgehead atoms. The Morgan fingerprint density at radius 1 is 0.957 bits per heavy atom. The van der Waals surface area contributed by atoms with Gasteiger partial charge in [0.2, 0.25) is 0 Å². The standard InChI is InChI=1S/C15H18F4O4/c16-14(17,11(20)21)15(18,19)12(22)23-7-13-4-8-1-9(5-13)3-10(2-8)6-13/h8-10H,1-7H2,(H,20,21). The van der Waals surface area contributed by atoms with E-state index in [1.54, 1.807) is 0 Å². The highest BCUT2D eigenvalue weighted by Crippen LogP contribution is 2.60. The number of esters is 1. The first kappa shape index (κ1) is 16.5. The van der Waals surface area contributed by atoms with Crippen molar-refractivity contribution >= 4 is 11.9 Å². The number of carboxylic acid groups (broad SMARTS) is 1. The van der Waals surface area contributed by atoms with Gasteiger partial charge in [0, 0.05) is 5.41 Å². The van der Waals surface area contributed by atoms with E-state index in [0.29, 0.717) is 17.8 Å². The minimum Gasteiger partial charge on any atom is -0.477 e. The zero-order chi connectivity index (χ0) is 17.0. The van der Waals surface area contributed by atoms with Crippen LogP contribution < -0.4 is 0 Å². The average Bonchev–Trinajstić information content (AvgIpc) is 2.42. The summed E-state index contributed by atoms with van der Waals surface area (Å²) in [5.41, 5.74) is -0.404. The third-order valence-corrected chi connectivity index (χ3v) is 5.59. The lowest BCUT2D eigenvalue weighted by Gasteiger charge is -2.56. The highest BCUT2D eigenvalue weighted by molar-refractivity contribution is 5.89. The summed E-state index contributed by atoms with van der Waals surface area (Å²) < 4.78 is 57.3. The number of halogens is 4. The van der Waals surface area contributed by atoms with Crippen LogP contribution >= 0.6 is 0 Å². The maximum absolute atomic E-state index is 13.4.